The number of likely N-dealkylation sites (N-methyl/N-ethyl adjacent to an activating group) is 1. The van der Waals surface area contributed by atoms with Crippen LogP contribution in [0.15, 0.2) is 6.07 Å². The zero-order valence-corrected chi connectivity index (χ0v) is 11.2. The summed E-state index contributed by atoms with van der Waals surface area (Å²) in [6.45, 7) is 0.536. The van der Waals surface area contributed by atoms with Crippen LogP contribution in [-0.2, 0) is 0 Å². The van der Waals surface area contributed by atoms with Gasteiger partial charge in [-0.15, -0.1) is 10.2 Å². The second-order valence-corrected chi connectivity index (χ2v) is 5.38. The van der Waals surface area contributed by atoms with E-state index in [0.29, 0.717) is 22.5 Å². The largest absolute Gasteiger partial charge is 0.388 e. The molecule has 1 aromatic rings. The third-order valence-electron chi connectivity index (χ3n) is 3.18. The molecule has 0 aliphatic heterocycles. The highest BCUT2D eigenvalue weighted by Gasteiger charge is 2.32. The minimum atomic E-state index is -0.617. The molecule has 0 saturated heterocycles. The van der Waals surface area contributed by atoms with Crippen LogP contribution in [0.2, 0.25) is 10.3 Å². The minimum Gasteiger partial charge on any atom is -0.388 e. The molecule has 0 aromatic carbocycles. The van der Waals surface area contributed by atoms with Crippen molar-refractivity contribution in [3.63, 3.8) is 0 Å². The third-order valence-corrected chi connectivity index (χ3v) is 3.63. The lowest BCUT2D eigenvalue weighted by atomic mass is 10.0. The van der Waals surface area contributed by atoms with Crippen LogP contribution in [0.5, 0.6) is 0 Å². The van der Waals surface area contributed by atoms with E-state index in [2.05, 4.69) is 10.2 Å². The van der Waals surface area contributed by atoms with Crippen LogP contribution < -0.4 is 4.90 Å². The molecule has 94 valence electrons. The maximum atomic E-state index is 10.3. The van der Waals surface area contributed by atoms with Crippen molar-refractivity contribution in [1.82, 2.24) is 10.2 Å². The second-order valence-electron chi connectivity index (χ2n) is 4.63. The van der Waals surface area contributed by atoms with Gasteiger partial charge in [0.25, 0.3) is 0 Å². The molecular weight excluding hydrogens is 261 g/mol. The second kappa shape index (κ2) is 4.96. The molecule has 1 aromatic heterocycles. The molecule has 1 fully saturated rings. The Morgan fingerprint density at radius 1 is 1.35 bits per heavy atom. The van der Waals surface area contributed by atoms with Gasteiger partial charge < -0.3 is 10.0 Å². The molecule has 1 saturated carbocycles. The molecule has 0 unspecified atom stereocenters. The Bertz CT molecular complexity index is 408. The zero-order chi connectivity index (χ0) is 12.5. The first-order valence-electron chi connectivity index (χ1n) is 5.62. The molecule has 1 heterocycles. The van der Waals surface area contributed by atoms with Crippen molar-refractivity contribution < 1.29 is 5.11 Å². The molecule has 4 nitrogen and oxygen atoms in total. The van der Waals surface area contributed by atoms with Crippen LogP contribution in [0.4, 0.5) is 5.69 Å². The van der Waals surface area contributed by atoms with Gasteiger partial charge in [0.2, 0.25) is 0 Å². The average Bonchev–Trinajstić information content (AvgIpc) is 2.68. The predicted octanol–water partition coefficient (Wildman–Crippen LogP) is 2.52. The number of anilines is 1. The molecule has 0 radical (unpaired) electrons. The molecule has 0 amide bonds. The summed E-state index contributed by atoms with van der Waals surface area (Å²) >= 11 is 11.8. The number of rotatable bonds is 3. The van der Waals surface area contributed by atoms with Gasteiger partial charge in [-0.3, -0.25) is 0 Å². The quantitative estimate of drug-likeness (QED) is 0.921. The Kier molecular flexibility index (Phi) is 3.76. The van der Waals surface area contributed by atoms with Gasteiger partial charge in [0.05, 0.1) is 11.3 Å². The van der Waals surface area contributed by atoms with Crippen LogP contribution in [-0.4, -0.2) is 34.5 Å². The van der Waals surface area contributed by atoms with E-state index < -0.39 is 5.60 Å². The topological polar surface area (TPSA) is 49.2 Å². The smallest absolute Gasteiger partial charge is 0.175 e. The first kappa shape index (κ1) is 12.9. The normalized spacial score (nSPS) is 18.4. The highest BCUT2D eigenvalue weighted by molar-refractivity contribution is 6.33. The molecule has 1 N–H and O–H groups in total. The molecule has 17 heavy (non-hydrogen) atoms. The fourth-order valence-corrected chi connectivity index (χ4v) is 2.71. The standard InChI is InChI=1S/C11H15Cl2N3O/c1-16(7-11(17)4-2-3-5-11)8-6-9(12)14-15-10(8)13/h6,17H,2-5,7H2,1H3. The van der Waals surface area contributed by atoms with E-state index in [1.54, 1.807) is 6.07 Å². The molecule has 1 aliphatic rings. The number of aliphatic hydroxyl groups is 1. The van der Waals surface area contributed by atoms with Gasteiger partial charge in [-0.1, -0.05) is 36.0 Å². The Hall–Kier alpha value is -0.580. The van der Waals surface area contributed by atoms with E-state index in [1.807, 2.05) is 11.9 Å². The van der Waals surface area contributed by atoms with Crippen molar-refractivity contribution in [2.75, 3.05) is 18.5 Å². The zero-order valence-electron chi connectivity index (χ0n) is 9.66. The Morgan fingerprint density at radius 2 is 2.00 bits per heavy atom. The van der Waals surface area contributed by atoms with Crippen molar-refractivity contribution >= 4 is 28.9 Å². The first-order chi connectivity index (χ1) is 8.00. The lowest BCUT2D eigenvalue weighted by molar-refractivity contribution is 0.0559. The van der Waals surface area contributed by atoms with Gasteiger partial charge >= 0.3 is 0 Å². The van der Waals surface area contributed by atoms with Gasteiger partial charge in [-0.2, -0.15) is 0 Å². The lowest BCUT2D eigenvalue weighted by Gasteiger charge is -2.30. The van der Waals surface area contributed by atoms with Crippen LogP contribution >= 0.6 is 23.2 Å². The average molecular weight is 276 g/mol. The van der Waals surface area contributed by atoms with Gasteiger partial charge in [0, 0.05) is 19.7 Å². The summed E-state index contributed by atoms with van der Waals surface area (Å²) in [5.74, 6) is 0. The van der Waals surface area contributed by atoms with Crippen LogP contribution in [0.3, 0.4) is 0 Å². The summed E-state index contributed by atoms with van der Waals surface area (Å²) in [6.07, 6.45) is 3.82. The lowest BCUT2D eigenvalue weighted by Crippen LogP contribution is -2.39. The Labute approximate surface area is 111 Å². The van der Waals surface area contributed by atoms with Crippen molar-refractivity contribution in [3.8, 4) is 0 Å². The SMILES string of the molecule is CN(CC1(O)CCCC1)c1cc(Cl)nnc1Cl. The van der Waals surface area contributed by atoms with Gasteiger partial charge in [-0.05, 0) is 12.8 Å². The van der Waals surface area contributed by atoms with Crippen molar-refractivity contribution in [1.29, 1.82) is 0 Å². The summed E-state index contributed by atoms with van der Waals surface area (Å²) in [5.41, 5.74) is 0.0837. The first-order valence-corrected chi connectivity index (χ1v) is 6.38. The maximum Gasteiger partial charge on any atom is 0.175 e. The van der Waals surface area contributed by atoms with Gasteiger partial charge in [0.15, 0.2) is 10.3 Å². The molecule has 0 bridgehead atoms. The number of halogens is 2. The minimum absolute atomic E-state index is 0.301. The highest BCUT2D eigenvalue weighted by atomic mass is 35.5. The molecule has 0 atom stereocenters. The van der Waals surface area contributed by atoms with E-state index in [4.69, 9.17) is 23.2 Å². The number of hydrogen-bond donors (Lipinski definition) is 1. The van der Waals surface area contributed by atoms with E-state index in [-0.39, 0.29) is 0 Å². The van der Waals surface area contributed by atoms with Gasteiger partial charge in [-0.25, -0.2) is 0 Å². The van der Waals surface area contributed by atoms with Crippen molar-refractivity contribution in [2.45, 2.75) is 31.3 Å². The van der Waals surface area contributed by atoms with Crippen LogP contribution in [0, 0.1) is 0 Å². The predicted molar refractivity (Wildman–Crippen MR) is 68.7 cm³/mol. The number of nitrogens with zero attached hydrogens (tertiary/aromatic N) is 3. The van der Waals surface area contributed by atoms with E-state index in [9.17, 15) is 5.11 Å². The van der Waals surface area contributed by atoms with Crippen molar-refractivity contribution in [3.05, 3.63) is 16.4 Å². The number of aromatic nitrogens is 2. The monoisotopic (exact) mass is 275 g/mol. The van der Waals surface area contributed by atoms with E-state index in [1.165, 1.54) is 0 Å². The van der Waals surface area contributed by atoms with Crippen LogP contribution in [0.25, 0.3) is 0 Å². The van der Waals surface area contributed by atoms with Crippen molar-refractivity contribution in [2.24, 2.45) is 0 Å². The molecule has 6 heteroatoms. The summed E-state index contributed by atoms with van der Waals surface area (Å²) in [6, 6.07) is 1.66. The van der Waals surface area contributed by atoms with Gasteiger partial charge in [0.1, 0.15) is 0 Å². The molecular formula is C11H15Cl2N3O. The fraction of sp³-hybridized carbons (Fsp3) is 0.636. The highest BCUT2D eigenvalue weighted by Crippen LogP contribution is 2.32. The summed E-state index contributed by atoms with van der Waals surface area (Å²) in [4.78, 5) is 1.88. The summed E-state index contributed by atoms with van der Waals surface area (Å²) in [7, 11) is 1.87. The molecule has 1 aliphatic carbocycles. The summed E-state index contributed by atoms with van der Waals surface area (Å²) in [5, 5.41) is 18.4. The Morgan fingerprint density at radius 3 is 2.65 bits per heavy atom. The molecule has 0 spiro atoms. The van der Waals surface area contributed by atoms with E-state index in [0.717, 1.165) is 25.7 Å². The third kappa shape index (κ3) is 3.00. The van der Waals surface area contributed by atoms with E-state index >= 15 is 0 Å². The summed E-state index contributed by atoms with van der Waals surface area (Å²) < 4.78 is 0. The Balaban J connectivity index is 2.13. The number of hydrogen-bond acceptors (Lipinski definition) is 4. The fourth-order valence-electron chi connectivity index (χ4n) is 2.33. The maximum absolute atomic E-state index is 10.3. The molecule has 2 rings (SSSR count). The van der Waals surface area contributed by atoms with Crippen LogP contribution in [0.1, 0.15) is 25.7 Å².